The minimum atomic E-state index is -0.332. The number of carbonyl (C=O) groups is 2. The number of aromatic nitrogens is 3. The predicted molar refractivity (Wildman–Crippen MR) is 125 cm³/mol. The van der Waals surface area contributed by atoms with Gasteiger partial charge < -0.3 is 5.32 Å². The molecule has 7 nitrogen and oxygen atoms in total. The van der Waals surface area contributed by atoms with E-state index in [1.165, 1.54) is 23.5 Å². The highest BCUT2D eigenvalue weighted by Gasteiger charge is 2.21. The van der Waals surface area contributed by atoms with Crippen LogP contribution in [0.3, 0.4) is 0 Å². The third-order valence-corrected chi connectivity index (χ3v) is 6.37. The van der Waals surface area contributed by atoms with E-state index in [0.29, 0.717) is 40.6 Å². The lowest BCUT2D eigenvalue weighted by atomic mass is 9.99. The third kappa shape index (κ3) is 4.03. The first-order chi connectivity index (χ1) is 15.9. The van der Waals surface area contributed by atoms with Gasteiger partial charge in [0.15, 0.2) is 5.13 Å². The topological polar surface area (TPSA) is 88.9 Å². The van der Waals surface area contributed by atoms with Gasteiger partial charge in [0.2, 0.25) is 5.91 Å². The minimum Gasteiger partial charge on any atom is -0.326 e. The molecule has 9 heteroatoms. The molecule has 5 rings (SSSR count). The monoisotopic (exact) mass is 461 g/mol. The Morgan fingerprint density at radius 3 is 2.73 bits per heavy atom. The molecule has 0 bridgehead atoms. The van der Waals surface area contributed by atoms with Crippen molar-refractivity contribution in [3.8, 4) is 16.9 Å². The van der Waals surface area contributed by atoms with Gasteiger partial charge in [-0.25, -0.2) is 14.1 Å². The molecule has 33 heavy (non-hydrogen) atoms. The fourth-order valence-corrected chi connectivity index (χ4v) is 4.69. The van der Waals surface area contributed by atoms with E-state index in [9.17, 15) is 14.0 Å². The summed E-state index contributed by atoms with van der Waals surface area (Å²) in [6, 6.07) is 11.8. The van der Waals surface area contributed by atoms with Crippen LogP contribution in [-0.4, -0.2) is 26.6 Å². The normalized spacial score (nSPS) is 12.9. The average molecular weight is 462 g/mol. The Morgan fingerprint density at radius 2 is 1.94 bits per heavy atom. The van der Waals surface area contributed by atoms with Crippen LogP contribution in [0.4, 0.5) is 15.2 Å². The van der Waals surface area contributed by atoms with E-state index >= 15 is 0 Å². The SMILES string of the molecule is Cc1nn(-c2ccc(F)cc2)c(C)c1C(=O)Nc1nc(-c2ccc3c(c2)CCC(=O)N3)cs1. The number of fused-ring (bicyclic) bond motifs is 1. The highest BCUT2D eigenvalue weighted by Crippen LogP contribution is 2.31. The zero-order valence-corrected chi connectivity index (χ0v) is 18.8. The molecule has 0 saturated carbocycles. The molecule has 0 spiro atoms. The maximum atomic E-state index is 13.3. The Morgan fingerprint density at radius 1 is 1.15 bits per heavy atom. The lowest BCUT2D eigenvalue weighted by molar-refractivity contribution is -0.116. The number of halogens is 1. The van der Waals surface area contributed by atoms with Gasteiger partial charge in [0.25, 0.3) is 5.91 Å². The molecule has 166 valence electrons. The summed E-state index contributed by atoms with van der Waals surface area (Å²) in [6.07, 6.45) is 1.17. The summed E-state index contributed by atoms with van der Waals surface area (Å²) in [5.41, 5.74) is 5.96. The van der Waals surface area contributed by atoms with E-state index < -0.39 is 0 Å². The largest absolute Gasteiger partial charge is 0.326 e. The molecule has 2 N–H and O–H groups in total. The van der Waals surface area contributed by atoms with Crippen LogP contribution in [-0.2, 0) is 11.2 Å². The number of nitrogens with one attached hydrogen (secondary N) is 2. The first kappa shape index (κ1) is 21.0. The van der Waals surface area contributed by atoms with Gasteiger partial charge in [-0.15, -0.1) is 11.3 Å². The van der Waals surface area contributed by atoms with Gasteiger partial charge in [0.05, 0.1) is 28.3 Å². The lowest BCUT2D eigenvalue weighted by Crippen LogP contribution is -2.18. The predicted octanol–water partition coefficient (Wildman–Crippen LogP) is 4.89. The Balaban J connectivity index is 1.37. The van der Waals surface area contributed by atoms with E-state index in [-0.39, 0.29) is 17.6 Å². The molecule has 2 aromatic carbocycles. The van der Waals surface area contributed by atoms with Crippen LogP contribution in [0.1, 0.15) is 33.7 Å². The second-order valence-corrected chi connectivity index (χ2v) is 8.70. The van der Waals surface area contributed by atoms with Gasteiger partial charge in [-0.2, -0.15) is 5.10 Å². The second-order valence-electron chi connectivity index (χ2n) is 7.85. The molecule has 2 aromatic heterocycles. The molecule has 2 amide bonds. The third-order valence-electron chi connectivity index (χ3n) is 5.61. The minimum absolute atomic E-state index is 0.0299. The van der Waals surface area contributed by atoms with Gasteiger partial charge in [-0.1, -0.05) is 6.07 Å². The maximum Gasteiger partial charge on any atom is 0.261 e. The standard InChI is InChI=1S/C24H20FN5O2S/c1-13-22(14(2)30(29-13)18-7-5-17(25)6-8-18)23(32)28-24-27-20(12-33-24)16-3-9-19-15(11-16)4-10-21(31)26-19/h3,5-9,11-12H,4,10H2,1-2H3,(H,26,31)(H,27,28,32). The van der Waals surface area contributed by atoms with E-state index in [4.69, 9.17) is 0 Å². The summed E-state index contributed by atoms with van der Waals surface area (Å²) < 4.78 is 14.9. The van der Waals surface area contributed by atoms with Crippen LogP contribution in [0.2, 0.25) is 0 Å². The summed E-state index contributed by atoms with van der Waals surface area (Å²) in [7, 11) is 0. The number of anilines is 2. The fraction of sp³-hybridized carbons (Fsp3) is 0.167. The number of nitrogens with zero attached hydrogens (tertiary/aromatic N) is 3. The van der Waals surface area contributed by atoms with E-state index in [1.807, 2.05) is 23.6 Å². The number of benzene rings is 2. The van der Waals surface area contributed by atoms with E-state index in [0.717, 1.165) is 22.5 Å². The second kappa shape index (κ2) is 8.25. The van der Waals surface area contributed by atoms with Crippen LogP contribution in [0, 0.1) is 19.7 Å². The number of hydrogen-bond donors (Lipinski definition) is 2. The van der Waals surface area contributed by atoms with Crippen LogP contribution in [0.25, 0.3) is 16.9 Å². The highest BCUT2D eigenvalue weighted by molar-refractivity contribution is 7.14. The first-order valence-electron chi connectivity index (χ1n) is 10.4. The van der Waals surface area contributed by atoms with Crippen LogP contribution >= 0.6 is 11.3 Å². The van der Waals surface area contributed by atoms with Crippen molar-refractivity contribution in [1.82, 2.24) is 14.8 Å². The lowest BCUT2D eigenvalue weighted by Gasteiger charge is -2.17. The molecular weight excluding hydrogens is 441 g/mol. The van der Waals surface area contributed by atoms with Crippen molar-refractivity contribution in [2.75, 3.05) is 10.6 Å². The Hall–Kier alpha value is -3.85. The summed E-state index contributed by atoms with van der Waals surface area (Å²) in [5.74, 6) is -0.601. The van der Waals surface area contributed by atoms with Gasteiger partial charge in [-0.3, -0.25) is 14.9 Å². The molecule has 4 aromatic rings. The molecular formula is C24H20FN5O2S. The Bertz CT molecular complexity index is 1390. The molecule has 3 heterocycles. The summed E-state index contributed by atoms with van der Waals surface area (Å²) in [6.45, 7) is 3.57. The van der Waals surface area contributed by atoms with Crippen molar-refractivity contribution >= 4 is 34.0 Å². The number of thiazole rings is 1. The van der Waals surface area contributed by atoms with Crippen molar-refractivity contribution in [1.29, 1.82) is 0 Å². The van der Waals surface area contributed by atoms with Crippen LogP contribution in [0.5, 0.6) is 0 Å². The zero-order chi connectivity index (χ0) is 23.1. The van der Waals surface area contributed by atoms with Crippen LogP contribution in [0.15, 0.2) is 47.8 Å². The Kier molecular flexibility index (Phi) is 5.26. The highest BCUT2D eigenvalue weighted by atomic mass is 32.1. The summed E-state index contributed by atoms with van der Waals surface area (Å²) >= 11 is 1.34. The summed E-state index contributed by atoms with van der Waals surface area (Å²) in [5, 5.41) is 12.6. The molecule has 0 atom stereocenters. The molecule has 0 aliphatic carbocycles. The number of rotatable bonds is 4. The van der Waals surface area contributed by atoms with Crippen molar-refractivity contribution in [3.05, 3.63) is 76.2 Å². The molecule has 1 aliphatic heterocycles. The van der Waals surface area contributed by atoms with Crippen LogP contribution < -0.4 is 10.6 Å². The van der Waals surface area contributed by atoms with Gasteiger partial charge in [0.1, 0.15) is 5.82 Å². The molecule has 0 radical (unpaired) electrons. The molecule has 0 unspecified atom stereocenters. The molecule has 0 fully saturated rings. The maximum absolute atomic E-state index is 13.3. The van der Waals surface area contributed by atoms with E-state index in [2.05, 4.69) is 20.7 Å². The number of amides is 2. The van der Waals surface area contributed by atoms with E-state index in [1.54, 1.807) is 30.7 Å². The van der Waals surface area contributed by atoms with Crippen molar-refractivity contribution < 1.29 is 14.0 Å². The molecule has 0 saturated heterocycles. The molecule has 1 aliphatic rings. The Labute approximate surface area is 193 Å². The summed E-state index contributed by atoms with van der Waals surface area (Å²) in [4.78, 5) is 29.2. The average Bonchev–Trinajstić information content (AvgIpc) is 3.37. The van der Waals surface area contributed by atoms with Crippen molar-refractivity contribution in [2.45, 2.75) is 26.7 Å². The van der Waals surface area contributed by atoms with Gasteiger partial charge in [-0.05, 0) is 62.2 Å². The van der Waals surface area contributed by atoms with Gasteiger partial charge in [0, 0.05) is 23.1 Å². The van der Waals surface area contributed by atoms with Gasteiger partial charge >= 0.3 is 0 Å². The number of aryl methyl sites for hydroxylation is 2. The smallest absolute Gasteiger partial charge is 0.261 e. The quantitative estimate of drug-likeness (QED) is 0.453. The number of carbonyl (C=O) groups excluding carboxylic acids is 2. The van der Waals surface area contributed by atoms with Crippen molar-refractivity contribution in [3.63, 3.8) is 0 Å². The number of hydrogen-bond acceptors (Lipinski definition) is 5. The van der Waals surface area contributed by atoms with Crippen molar-refractivity contribution in [2.24, 2.45) is 0 Å². The fourth-order valence-electron chi connectivity index (χ4n) is 3.97. The zero-order valence-electron chi connectivity index (χ0n) is 18.0. The first-order valence-corrected chi connectivity index (χ1v) is 11.3.